The van der Waals surface area contributed by atoms with Gasteiger partial charge in [-0.25, -0.2) is 14.2 Å². The highest BCUT2D eigenvalue weighted by atomic mass is 19.4. The van der Waals surface area contributed by atoms with E-state index in [0.29, 0.717) is 52.7 Å². The Hall–Kier alpha value is -4.45. The number of ether oxygens (including phenoxy) is 1. The van der Waals surface area contributed by atoms with Gasteiger partial charge in [0, 0.05) is 24.0 Å². The third-order valence-electron chi connectivity index (χ3n) is 4.81. The Bertz CT molecular complexity index is 1380. The Morgan fingerprint density at radius 3 is 2.33 bits per heavy atom. The summed E-state index contributed by atoms with van der Waals surface area (Å²) >= 11 is 0. The maximum Gasteiger partial charge on any atom is 0.419 e. The minimum Gasteiger partial charge on any atom is -0.457 e. The van der Waals surface area contributed by atoms with Gasteiger partial charge >= 0.3 is 12.2 Å². The average molecular weight is 501 g/mol. The van der Waals surface area contributed by atoms with Gasteiger partial charge in [0.15, 0.2) is 0 Å². The Labute approximate surface area is 202 Å². The van der Waals surface area contributed by atoms with Gasteiger partial charge in [-0.15, -0.1) is 0 Å². The number of urea groups is 1. The number of nitrogens with one attached hydrogen (secondary N) is 3. The van der Waals surface area contributed by atoms with Crippen molar-refractivity contribution in [2.24, 2.45) is 0 Å². The molecule has 1 heterocycles. The van der Waals surface area contributed by atoms with Gasteiger partial charge in [0.2, 0.25) is 0 Å². The molecule has 2 amide bonds. The van der Waals surface area contributed by atoms with Crippen LogP contribution in [0, 0.1) is 5.82 Å². The number of anilines is 3. The molecule has 8 nitrogen and oxygen atoms in total. The summed E-state index contributed by atoms with van der Waals surface area (Å²) in [7, 11) is 0. The number of fused-ring (bicyclic) bond motifs is 1. The minimum atomic E-state index is -4.88. The number of aliphatic hydroxyl groups excluding tert-OH is 1. The summed E-state index contributed by atoms with van der Waals surface area (Å²) in [5.74, 6) is 0.0292. The highest BCUT2D eigenvalue weighted by Gasteiger charge is 2.34. The molecule has 0 aliphatic heterocycles. The maximum absolute atomic E-state index is 13.4. The van der Waals surface area contributed by atoms with Crippen LogP contribution >= 0.6 is 0 Å². The van der Waals surface area contributed by atoms with E-state index in [2.05, 4.69) is 25.9 Å². The average Bonchev–Trinajstić information content (AvgIpc) is 2.84. The van der Waals surface area contributed by atoms with Gasteiger partial charge in [-0.1, -0.05) is 0 Å². The second kappa shape index (κ2) is 10.4. The molecule has 0 aliphatic carbocycles. The van der Waals surface area contributed by atoms with Crippen LogP contribution in [0.1, 0.15) is 5.56 Å². The highest BCUT2D eigenvalue weighted by molar-refractivity contribution is 5.99. The maximum atomic E-state index is 13.4. The van der Waals surface area contributed by atoms with Crippen LogP contribution in [-0.4, -0.2) is 34.3 Å². The molecule has 0 atom stereocenters. The van der Waals surface area contributed by atoms with E-state index in [0.717, 1.165) is 6.07 Å². The molecular weight excluding hydrogens is 482 g/mol. The molecule has 36 heavy (non-hydrogen) atoms. The summed E-state index contributed by atoms with van der Waals surface area (Å²) in [6.45, 7) is 0.299. The standard InChI is InChI=1S/C24H19F4N5O3/c25-19-7-3-15(11-18(19)24(26,27)28)32-23(35)31-14-1-4-16(5-2-14)36-17-6-8-20-21(12-17)33-22(13-30-20)29-9-10-34/h1-8,11-13,34H,9-10H2,(H,29,33)(H2,31,32,35). The first-order valence-electron chi connectivity index (χ1n) is 10.6. The number of benzene rings is 3. The summed E-state index contributed by atoms with van der Waals surface area (Å²) in [5.41, 5.74) is -0.0951. The number of nitrogens with zero attached hydrogens (tertiary/aromatic N) is 2. The molecule has 0 spiro atoms. The van der Waals surface area contributed by atoms with E-state index < -0.39 is 23.6 Å². The Balaban J connectivity index is 1.39. The predicted octanol–water partition coefficient (Wildman–Crippen LogP) is 5.63. The molecule has 0 unspecified atom stereocenters. The quantitative estimate of drug-likeness (QED) is 0.245. The molecule has 186 valence electrons. The van der Waals surface area contributed by atoms with Crippen molar-refractivity contribution in [3.05, 3.63) is 78.2 Å². The largest absolute Gasteiger partial charge is 0.457 e. The van der Waals surface area contributed by atoms with Crippen molar-refractivity contribution in [3.63, 3.8) is 0 Å². The molecule has 4 N–H and O–H groups in total. The van der Waals surface area contributed by atoms with Crippen molar-refractivity contribution >= 4 is 34.3 Å². The number of rotatable bonds is 7. The fraction of sp³-hybridized carbons (Fsp3) is 0.125. The van der Waals surface area contributed by atoms with Gasteiger partial charge in [0.25, 0.3) is 0 Å². The number of hydrogen-bond acceptors (Lipinski definition) is 6. The Kier molecular flexibility index (Phi) is 7.15. The van der Waals surface area contributed by atoms with Gasteiger partial charge in [0.05, 0.1) is 29.4 Å². The number of alkyl halides is 3. The lowest BCUT2D eigenvalue weighted by Gasteiger charge is -2.12. The van der Waals surface area contributed by atoms with Crippen LogP contribution in [0.5, 0.6) is 11.5 Å². The van der Waals surface area contributed by atoms with Gasteiger partial charge in [-0.05, 0) is 54.6 Å². The number of aromatic nitrogens is 2. The highest BCUT2D eigenvalue weighted by Crippen LogP contribution is 2.33. The number of amides is 2. The molecule has 0 aliphatic rings. The molecule has 0 radical (unpaired) electrons. The van der Waals surface area contributed by atoms with Crippen molar-refractivity contribution in [1.82, 2.24) is 9.97 Å². The molecule has 0 fully saturated rings. The van der Waals surface area contributed by atoms with Crippen molar-refractivity contribution in [1.29, 1.82) is 0 Å². The molecule has 4 rings (SSSR count). The number of carbonyl (C=O) groups excluding carboxylic acids is 1. The normalized spacial score (nSPS) is 11.2. The number of aliphatic hydroxyl groups is 1. The molecule has 0 saturated heterocycles. The van der Waals surface area contributed by atoms with Gasteiger partial charge in [0.1, 0.15) is 23.1 Å². The van der Waals surface area contributed by atoms with E-state index in [1.807, 2.05) is 0 Å². The first-order valence-corrected chi connectivity index (χ1v) is 10.6. The minimum absolute atomic E-state index is 0.0411. The number of hydrogen-bond donors (Lipinski definition) is 4. The second-order valence-electron chi connectivity index (χ2n) is 7.45. The lowest BCUT2D eigenvalue weighted by molar-refractivity contribution is -0.139. The van der Waals surface area contributed by atoms with Crippen LogP contribution in [0.4, 0.5) is 39.5 Å². The van der Waals surface area contributed by atoms with E-state index in [1.165, 1.54) is 0 Å². The zero-order valence-electron chi connectivity index (χ0n) is 18.4. The van der Waals surface area contributed by atoms with E-state index in [1.54, 1.807) is 48.7 Å². The fourth-order valence-electron chi connectivity index (χ4n) is 3.18. The van der Waals surface area contributed by atoms with Crippen LogP contribution < -0.4 is 20.7 Å². The Morgan fingerprint density at radius 2 is 1.61 bits per heavy atom. The lowest BCUT2D eigenvalue weighted by atomic mass is 10.2. The summed E-state index contributed by atoms with van der Waals surface area (Å²) in [4.78, 5) is 20.9. The zero-order valence-corrected chi connectivity index (χ0v) is 18.4. The smallest absolute Gasteiger partial charge is 0.419 e. The van der Waals surface area contributed by atoms with E-state index in [9.17, 15) is 22.4 Å². The van der Waals surface area contributed by atoms with Crippen LogP contribution in [0.3, 0.4) is 0 Å². The van der Waals surface area contributed by atoms with Crippen molar-refractivity contribution in [2.45, 2.75) is 6.18 Å². The monoisotopic (exact) mass is 501 g/mol. The molecule has 1 aromatic heterocycles. The Morgan fingerprint density at radius 1 is 0.917 bits per heavy atom. The van der Waals surface area contributed by atoms with Crippen molar-refractivity contribution in [2.75, 3.05) is 29.1 Å². The van der Waals surface area contributed by atoms with Gasteiger partial charge < -0.3 is 25.8 Å². The van der Waals surface area contributed by atoms with Crippen LogP contribution in [-0.2, 0) is 6.18 Å². The van der Waals surface area contributed by atoms with Crippen LogP contribution in [0.15, 0.2) is 66.9 Å². The van der Waals surface area contributed by atoms with Gasteiger partial charge in [-0.3, -0.25) is 4.98 Å². The van der Waals surface area contributed by atoms with Gasteiger partial charge in [-0.2, -0.15) is 13.2 Å². The SMILES string of the molecule is O=C(Nc1ccc(Oc2ccc3ncc(NCCO)nc3c2)cc1)Nc1ccc(F)c(C(F)(F)F)c1. The molecular formula is C24H19F4N5O3. The molecule has 12 heteroatoms. The summed E-state index contributed by atoms with van der Waals surface area (Å²) in [6.07, 6.45) is -3.32. The summed E-state index contributed by atoms with van der Waals surface area (Å²) < 4.78 is 57.8. The molecule has 3 aromatic carbocycles. The van der Waals surface area contributed by atoms with E-state index >= 15 is 0 Å². The molecule has 4 aromatic rings. The first kappa shape index (κ1) is 24.7. The fourth-order valence-corrected chi connectivity index (χ4v) is 3.18. The van der Waals surface area contributed by atoms with Crippen LogP contribution in [0.2, 0.25) is 0 Å². The third-order valence-corrected chi connectivity index (χ3v) is 4.81. The van der Waals surface area contributed by atoms with Crippen LogP contribution in [0.25, 0.3) is 11.0 Å². The summed E-state index contributed by atoms with van der Waals surface area (Å²) in [5, 5.41) is 16.6. The molecule has 0 saturated carbocycles. The first-order chi connectivity index (χ1) is 17.2. The predicted molar refractivity (Wildman–Crippen MR) is 126 cm³/mol. The number of halogens is 4. The topological polar surface area (TPSA) is 108 Å². The summed E-state index contributed by atoms with van der Waals surface area (Å²) in [6, 6.07) is 12.8. The van der Waals surface area contributed by atoms with E-state index in [-0.39, 0.29) is 12.3 Å². The lowest BCUT2D eigenvalue weighted by Crippen LogP contribution is -2.20. The van der Waals surface area contributed by atoms with E-state index in [4.69, 9.17) is 9.84 Å². The van der Waals surface area contributed by atoms with Crippen molar-refractivity contribution < 1.29 is 32.2 Å². The molecule has 0 bridgehead atoms. The third kappa shape index (κ3) is 6.16. The van der Waals surface area contributed by atoms with Crippen molar-refractivity contribution in [3.8, 4) is 11.5 Å². The number of carbonyl (C=O) groups is 1. The second-order valence-corrected chi connectivity index (χ2v) is 7.45. The zero-order chi connectivity index (χ0) is 25.7.